The number of nitrogens with zero attached hydrogens (tertiary/aromatic N) is 1. The fraction of sp³-hybridized carbons (Fsp3) is 0.278. The molecule has 25 heavy (non-hydrogen) atoms. The summed E-state index contributed by atoms with van der Waals surface area (Å²) in [6.07, 6.45) is 0. The lowest BCUT2D eigenvalue weighted by atomic mass is 10.1. The predicted octanol–water partition coefficient (Wildman–Crippen LogP) is 3.78. The van der Waals surface area contributed by atoms with Gasteiger partial charge in [-0.3, -0.25) is 4.79 Å². The summed E-state index contributed by atoms with van der Waals surface area (Å²) in [5.74, 6) is 0.321. The maximum absolute atomic E-state index is 13.9. The highest BCUT2D eigenvalue weighted by molar-refractivity contribution is 6.31. The Labute approximate surface area is 150 Å². The molecule has 0 N–H and O–H groups in total. The summed E-state index contributed by atoms with van der Waals surface area (Å²) in [5.41, 5.74) is 0.580. The van der Waals surface area contributed by atoms with Crippen molar-refractivity contribution >= 4 is 17.5 Å². The van der Waals surface area contributed by atoms with Crippen LogP contribution in [0.25, 0.3) is 0 Å². The van der Waals surface area contributed by atoms with Crippen molar-refractivity contribution in [2.24, 2.45) is 0 Å². The molecule has 0 radical (unpaired) electrons. The summed E-state index contributed by atoms with van der Waals surface area (Å²) in [4.78, 5) is 14.1. The van der Waals surface area contributed by atoms with E-state index < -0.39 is 5.82 Å². The smallest absolute Gasteiger partial charge is 0.254 e. The molecule has 5 nitrogen and oxygen atoms in total. The number of hydrogen-bond donors (Lipinski definition) is 0. The van der Waals surface area contributed by atoms with Gasteiger partial charge in [-0.05, 0) is 24.3 Å². The van der Waals surface area contributed by atoms with Crippen LogP contribution >= 0.6 is 11.6 Å². The number of hydrogen-bond acceptors (Lipinski definition) is 4. The van der Waals surface area contributed by atoms with Crippen molar-refractivity contribution in [2.75, 3.05) is 28.4 Å². The molecule has 0 aliphatic carbocycles. The van der Waals surface area contributed by atoms with Crippen molar-refractivity contribution in [1.82, 2.24) is 4.90 Å². The minimum absolute atomic E-state index is 0.0288. The number of benzene rings is 2. The van der Waals surface area contributed by atoms with E-state index in [4.69, 9.17) is 25.8 Å². The van der Waals surface area contributed by atoms with Crippen LogP contribution in [0.5, 0.6) is 17.2 Å². The molecule has 134 valence electrons. The van der Waals surface area contributed by atoms with E-state index in [1.54, 1.807) is 25.2 Å². The molecule has 1 amide bonds. The second-order valence-electron chi connectivity index (χ2n) is 5.28. The van der Waals surface area contributed by atoms with Crippen molar-refractivity contribution in [3.05, 3.63) is 52.3 Å². The van der Waals surface area contributed by atoms with Crippen LogP contribution in [0.15, 0.2) is 30.3 Å². The average Bonchev–Trinajstić information content (AvgIpc) is 2.62. The Morgan fingerprint density at radius 1 is 1.12 bits per heavy atom. The van der Waals surface area contributed by atoms with Crippen LogP contribution in [0.1, 0.15) is 15.9 Å². The van der Waals surface area contributed by atoms with E-state index in [9.17, 15) is 9.18 Å². The highest BCUT2D eigenvalue weighted by atomic mass is 35.5. The van der Waals surface area contributed by atoms with E-state index in [0.29, 0.717) is 22.8 Å². The molecule has 0 aliphatic rings. The normalized spacial score (nSPS) is 10.3. The van der Waals surface area contributed by atoms with Crippen molar-refractivity contribution in [3.63, 3.8) is 0 Å². The first-order valence-corrected chi connectivity index (χ1v) is 7.79. The maximum atomic E-state index is 13.9. The number of methoxy groups -OCH3 is 3. The van der Waals surface area contributed by atoms with Gasteiger partial charge in [-0.25, -0.2) is 4.39 Å². The lowest BCUT2D eigenvalue weighted by Gasteiger charge is -2.20. The van der Waals surface area contributed by atoms with Gasteiger partial charge >= 0.3 is 0 Å². The van der Waals surface area contributed by atoms with Crippen molar-refractivity contribution in [2.45, 2.75) is 6.54 Å². The van der Waals surface area contributed by atoms with Gasteiger partial charge in [0.25, 0.3) is 5.91 Å². The SMILES string of the molecule is COc1cc(C(=O)N(C)Cc2c(F)cccc2Cl)cc(OC)c1OC. The largest absolute Gasteiger partial charge is 0.493 e. The van der Waals surface area contributed by atoms with Gasteiger partial charge in [0, 0.05) is 29.7 Å². The standard InChI is InChI=1S/C18H19ClFNO4/c1-21(10-12-13(19)6-5-7-14(12)20)18(22)11-8-15(23-2)17(25-4)16(9-11)24-3/h5-9H,10H2,1-4H3. The van der Waals surface area contributed by atoms with Gasteiger partial charge in [-0.2, -0.15) is 0 Å². The third kappa shape index (κ3) is 3.96. The van der Waals surface area contributed by atoms with Crippen molar-refractivity contribution in [1.29, 1.82) is 0 Å². The molecule has 7 heteroatoms. The molecule has 0 saturated heterocycles. The molecule has 2 rings (SSSR count). The quantitative estimate of drug-likeness (QED) is 0.779. The van der Waals surface area contributed by atoms with E-state index >= 15 is 0 Å². The number of ether oxygens (including phenoxy) is 3. The summed E-state index contributed by atoms with van der Waals surface area (Å²) < 4.78 is 29.7. The van der Waals surface area contributed by atoms with E-state index in [1.807, 2.05) is 0 Å². The molecule has 2 aromatic carbocycles. The molecule has 2 aromatic rings. The number of carbonyl (C=O) groups is 1. The van der Waals surface area contributed by atoms with Crippen molar-refractivity contribution in [3.8, 4) is 17.2 Å². The molecule has 0 heterocycles. The van der Waals surface area contributed by atoms with Gasteiger partial charge in [0.05, 0.1) is 21.3 Å². The predicted molar refractivity (Wildman–Crippen MR) is 93.3 cm³/mol. The first-order chi connectivity index (χ1) is 11.9. The van der Waals surface area contributed by atoms with Gasteiger partial charge in [-0.1, -0.05) is 17.7 Å². The van der Waals surface area contributed by atoms with Gasteiger partial charge in [0.1, 0.15) is 5.82 Å². The van der Waals surface area contributed by atoms with Crippen LogP contribution < -0.4 is 14.2 Å². The summed E-state index contributed by atoms with van der Waals surface area (Å²) in [5, 5.41) is 0.268. The lowest BCUT2D eigenvalue weighted by Crippen LogP contribution is -2.27. The molecule has 0 unspecified atom stereocenters. The molecule has 0 aromatic heterocycles. The number of rotatable bonds is 6. The van der Waals surface area contributed by atoms with E-state index in [0.717, 1.165) is 0 Å². The summed E-state index contributed by atoms with van der Waals surface area (Å²) in [7, 11) is 5.98. The zero-order chi connectivity index (χ0) is 18.6. The molecular weight excluding hydrogens is 349 g/mol. The van der Waals surface area contributed by atoms with Crippen LogP contribution in [0.2, 0.25) is 5.02 Å². The maximum Gasteiger partial charge on any atom is 0.254 e. The van der Waals surface area contributed by atoms with E-state index in [2.05, 4.69) is 0 Å². The average molecular weight is 368 g/mol. The van der Waals surface area contributed by atoms with Crippen LogP contribution in [-0.4, -0.2) is 39.2 Å². The number of halogens is 2. The molecule has 0 fully saturated rings. The Kier molecular flexibility index (Phi) is 6.09. The van der Waals surface area contributed by atoms with Gasteiger partial charge in [-0.15, -0.1) is 0 Å². The zero-order valence-corrected chi connectivity index (χ0v) is 15.2. The van der Waals surface area contributed by atoms with Gasteiger partial charge < -0.3 is 19.1 Å². The summed E-state index contributed by atoms with van der Waals surface area (Å²) >= 11 is 6.02. The third-order valence-electron chi connectivity index (χ3n) is 3.72. The highest BCUT2D eigenvalue weighted by Gasteiger charge is 2.20. The fourth-order valence-corrected chi connectivity index (χ4v) is 2.64. The Morgan fingerprint density at radius 3 is 2.20 bits per heavy atom. The molecular formula is C18H19ClFNO4. The zero-order valence-electron chi connectivity index (χ0n) is 14.4. The summed E-state index contributed by atoms with van der Waals surface area (Å²) in [6.45, 7) is 0.0288. The fourth-order valence-electron chi connectivity index (χ4n) is 2.42. The summed E-state index contributed by atoms with van der Waals surface area (Å²) in [6, 6.07) is 7.49. The molecule has 0 saturated carbocycles. The van der Waals surface area contributed by atoms with Gasteiger partial charge in [0.2, 0.25) is 5.75 Å². The molecule has 0 atom stereocenters. The van der Waals surface area contributed by atoms with E-state index in [1.165, 1.54) is 38.4 Å². The van der Waals surface area contributed by atoms with Crippen LogP contribution in [-0.2, 0) is 6.54 Å². The molecule has 0 aliphatic heterocycles. The first kappa shape index (κ1) is 18.9. The second-order valence-corrected chi connectivity index (χ2v) is 5.68. The lowest BCUT2D eigenvalue weighted by molar-refractivity contribution is 0.0783. The van der Waals surface area contributed by atoms with Crippen LogP contribution in [0.4, 0.5) is 4.39 Å². The Morgan fingerprint density at radius 2 is 1.72 bits per heavy atom. The number of amides is 1. The van der Waals surface area contributed by atoms with Crippen molar-refractivity contribution < 1.29 is 23.4 Å². The molecule has 0 spiro atoms. The Balaban J connectivity index is 2.33. The Bertz CT molecular complexity index is 736. The number of carbonyl (C=O) groups excluding carboxylic acids is 1. The van der Waals surface area contributed by atoms with Crippen LogP contribution in [0, 0.1) is 5.82 Å². The topological polar surface area (TPSA) is 48.0 Å². The van der Waals surface area contributed by atoms with Gasteiger partial charge in [0.15, 0.2) is 11.5 Å². The Hall–Kier alpha value is -2.47. The highest BCUT2D eigenvalue weighted by Crippen LogP contribution is 2.38. The minimum atomic E-state index is -0.461. The minimum Gasteiger partial charge on any atom is -0.493 e. The van der Waals surface area contributed by atoms with E-state index in [-0.39, 0.29) is 23.0 Å². The second kappa shape index (κ2) is 8.07. The third-order valence-corrected chi connectivity index (χ3v) is 4.07. The van der Waals surface area contributed by atoms with Crippen LogP contribution in [0.3, 0.4) is 0 Å². The first-order valence-electron chi connectivity index (χ1n) is 7.41. The molecule has 0 bridgehead atoms. The monoisotopic (exact) mass is 367 g/mol.